The molecular weight excluding hydrogens is 190 g/mol. The van der Waals surface area contributed by atoms with Crippen molar-refractivity contribution in [3.05, 3.63) is 0 Å². The summed E-state index contributed by atoms with van der Waals surface area (Å²) in [6, 6.07) is 0.101. The van der Waals surface area contributed by atoms with Crippen LogP contribution in [0.4, 0.5) is 0 Å². The fraction of sp³-hybridized carbons (Fsp3) is 0.917. The fourth-order valence-corrected chi connectivity index (χ4v) is 2.20. The maximum absolute atomic E-state index is 11.8. The summed E-state index contributed by atoms with van der Waals surface area (Å²) >= 11 is 0. The molecule has 0 saturated carbocycles. The molecule has 0 bridgehead atoms. The molecule has 88 valence electrons. The minimum atomic E-state index is 0.101. The van der Waals surface area contributed by atoms with Crippen molar-refractivity contribution in [3.63, 3.8) is 0 Å². The Bertz CT molecular complexity index is 194. The van der Waals surface area contributed by atoms with Gasteiger partial charge in [-0.2, -0.15) is 0 Å². The molecule has 1 heterocycles. The molecule has 0 spiro atoms. The maximum atomic E-state index is 11.8. The van der Waals surface area contributed by atoms with Crippen LogP contribution in [0, 0.1) is 0 Å². The van der Waals surface area contributed by atoms with Gasteiger partial charge in [0.1, 0.15) is 0 Å². The Balaban J connectivity index is 2.21. The van der Waals surface area contributed by atoms with E-state index in [-0.39, 0.29) is 18.6 Å². The number of aliphatic hydroxyl groups excluding tert-OH is 1. The lowest BCUT2D eigenvalue weighted by Gasteiger charge is -2.22. The van der Waals surface area contributed by atoms with Gasteiger partial charge in [0.2, 0.25) is 5.91 Å². The van der Waals surface area contributed by atoms with E-state index < -0.39 is 0 Å². The van der Waals surface area contributed by atoms with Crippen LogP contribution >= 0.6 is 0 Å². The molecule has 0 aliphatic carbocycles. The topological polar surface area (TPSA) is 40.5 Å². The molecule has 0 radical (unpaired) electrons. The summed E-state index contributed by atoms with van der Waals surface area (Å²) in [5.74, 6) is 0.239. The quantitative estimate of drug-likeness (QED) is 0.685. The van der Waals surface area contributed by atoms with Crippen LogP contribution in [0.1, 0.15) is 51.9 Å². The van der Waals surface area contributed by atoms with E-state index in [0.29, 0.717) is 6.42 Å². The summed E-state index contributed by atoms with van der Waals surface area (Å²) in [5, 5.41) is 9.10. The van der Waals surface area contributed by atoms with Crippen LogP contribution in [0.5, 0.6) is 0 Å². The van der Waals surface area contributed by atoms with Crippen molar-refractivity contribution in [1.82, 2.24) is 4.90 Å². The highest BCUT2D eigenvalue weighted by Crippen LogP contribution is 2.18. The van der Waals surface area contributed by atoms with Crippen LogP contribution in [0.2, 0.25) is 0 Å². The minimum Gasteiger partial charge on any atom is -0.394 e. The first-order valence-electron chi connectivity index (χ1n) is 6.20. The Morgan fingerprint density at radius 1 is 1.40 bits per heavy atom. The predicted octanol–water partition coefficient (Wildman–Crippen LogP) is 1.94. The number of hydrogen-bond donors (Lipinski definition) is 1. The molecule has 1 unspecified atom stereocenters. The normalized spacial score (nSPS) is 20.9. The molecule has 1 saturated heterocycles. The van der Waals surface area contributed by atoms with Crippen LogP contribution in [-0.4, -0.2) is 35.1 Å². The van der Waals surface area contributed by atoms with E-state index in [4.69, 9.17) is 5.11 Å². The van der Waals surface area contributed by atoms with Crippen LogP contribution in [0.15, 0.2) is 0 Å². The van der Waals surface area contributed by atoms with Crippen molar-refractivity contribution in [1.29, 1.82) is 0 Å². The van der Waals surface area contributed by atoms with Gasteiger partial charge in [0.25, 0.3) is 0 Å². The van der Waals surface area contributed by atoms with Gasteiger partial charge in [-0.05, 0) is 19.3 Å². The molecule has 1 N–H and O–H groups in total. The van der Waals surface area contributed by atoms with E-state index in [1.54, 1.807) is 0 Å². The Kier molecular flexibility index (Phi) is 5.69. The second-order valence-electron chi connectivity index (χ2n) is 4.38. The average molecular weight is 213 g/mol. The number of unbranched alkanes of at least 4 members (excludes halogenated alkanes) is 3. The van der Waals surface area contributed by atoms with Crippen molar-refractivity contribution in [2.24, 2.45) is 0 Å². The molecule has 3 nitrogen and oxygen atoms in total. The van der Waals surface area contributed by atoms with E-state index in [1.165, 1.54) is 12.8 Å². The molecule has 0 aromatic heterocycles. The minimum absolute atomic E-state index is 0.101. The number of amides is 1. The van der Waals surface area contributed by atoms with Gasteiger partial charge in [-0.3, -0.25) is 4.79 Å². The number of nitrogens with zero attached hydrogens (tertiary/aromatic N) is 1. The van der Waals surface area contributed by atoms with Crippen molar-refractivity contribution in [2.45, 2.75) is 57.9 Å². The number of hydrogen-bond acceptors (Lipinski definition) is 2. The molecular formula is C12H23NO2. The van der Waals surface area contributed by atoms with Crippen molar-refractivity contribution in [3.8, 4) is 0 Å². The molecule has 1 atom stereocenters. The van der Waals surface area contributed by atoms with Gasteiger partial charge < -0.3 is 10.0 Å². The van der Waals surface area contributed by atoms with Crippen molar-refractivity contribution >= 4 is 5.91 Å². The first kappa shape index (κ1) is 12.5. The number of carbonyl (C=O) groups is 1. The maximum Gasteiger partial charge on any atom is 0.222 e. The Morgan fingerprint density at radius 2 is 2.20 bits per heavy atom. The fourth-order valence-electron chi connectivity index (χ4n) is 2.20. The Labute approximate surface area is 92.5 Å². The SMILES string of the molecule is CCCCCCC(=O)N1CCCC1CO. The summed E-state index contributed by atoms with van der Waals surface area (Å²) in [6.07, 6.45) is 7.26. The zero-order valence-corrected chi connectivity index (χ0v) is 9.74. The smallest absolute Gasteiger partial charge is 0.222 e. The molecule has 3 heteroatoms. The zero-order valence-electron chi connectivity index (χ0n) is 9.74. The number of carbonyl (C=O) groups excluding carboxylic acids is 1. The summed E-state index contributed by atoms with van der Waals surface area (Å²) in [4.78, 5) is 13.7. The standard InChI is InChI=1S/C12H23NO2/c1-2-3-4-5-8-12(15)13-9-6-7-11(13)10-14/h11,14H,2-10H2,1H3. The Morgan fingerprint density at radius 3 is 2.87 bits per heavy atom. The predicted molar refractivity (Wildman–Crippen MR) is 60.6 cm³/mol. The Hall–Kier alpha value is -0.570. The summed E-state index contributed by atoms with van der Waals surface area (Å²) in [5.41, 5.74) is 0. The van der Waals surface area contributed by atoms with E-state index >= 15 is 0 Å². The zero-order chi connectivity index (χ0) is 11.1. The van der Waals surface area contributed by atoms with E-state index in [2.05, 4.69) is 6.92 Å². The second kappa shape index (κ2) is 6.83. The lowest BCUT2D eigenvalue weighted by atomic mass is 10.1. The molecule has 0 aromatic carbocycles. The monoisotopic (exact) mass is 213 g/mol. The number of rotatable bonds is 6. The lowest BCUT2D eigenvalue weighted by Crippen LogP contribution is -2.37. The largest absolute Gasteiger partial charge is 0.394 e. The molecule has 1 aliphatic rings. The van der Waals surface area contributed by atoms with Gasteiger partial charge in [-0.15, -0.1) is 0 Å². The molecule has 15 heavy (non-hydrogen) atoms. The highest BCUT2D eigenvalue weighted by Gasteiger charge is 2.27. The van der Waals surface area contributed by atoms with E-state index in [1.807, 2.05) is 4.90 Å². The van der Waals surface area contributed by atoms with Gasteiger partial charge >= 0.3 is 0 Å². The van der Waals surface area contributed by atoms with Crippen LogP contribution in [-0.2, 0) is 4.79 Å². The third-order valence-corrected chi connectivity index (χ3v) is 3.15. The van der Waals surface area contributed by atoms with Gasteiger partial charge in [0, 0.05) is 13.0 Å². The first-order chi connectivity index (χ1) is 7.29. The second-order valence-corrected chi connectivity index (χ2v) is 4.38. The molecule has 1 rings (SSSR count). The van der Waals surface area contributed by atoms with E-state index in [0.717, 1.165) is 32.2 Å². The highest BCUT2D eigenvalue weighted by molar-refractivity contribution is 5.76. The van der Waals surface area contributed by atoms with Gasteiger partial charge in [0.05, 0.1) is 12.6 Å². The summed E-state index contributed by atoms with van der Waals surface area (Å²) < 4.78 is 0. The van der Waals surface area contributed by atoms with Crippen molar-refractivity contribution in [2.75, 3.05) is 13.2 Å². The third-order valence-electron chi connectivity index (χ3n) is 3.15. The summed E-state index contributed by atoms with van der Waals surface area (Å²) in [7, 11) is 0. The number of likely N-dealkylation sites (tertiary alicyclic amines) is 1. The first-order valence-corrected chi connectivity index (χ1v) is 6.20. The van der Waals surface area contributed by atoms with Crippen LogP contribution in [0.25, 0.3) is 0 Å². The molecule has 0 aromatic rings. The van der Waals surface area contributed by atoms with Gasteiger partial charge in [0.15, 0.2) is 0 Å². The van der Waals surface area contributed by atoms with Crippen molar-refractivity contribution < 1.29 is 9.90 Å². The third kappa shape index (κ3) is 3.82. The molecule has 1 fully saturated rings. The lowest BCUT2D eigenvalue weighted by molar-refractivity contribution is -0.132. The highest BCUT2D eigenvalue weighted by atomic mass is 16.3. The van der Waals surface area contributed by atoms with Crippen LogP contribution < -0.4 is 0 Å². The van der Waals surface area contributed by atoms with E-state index in [9.17, 15) is 4.79 Å². The molecule has 1 aliphatic heterocycles. The van der Waals surface area contributed by atoms with Gasteiger partial charge in [-0.1, -0.05) is 26.2 Å². The summed E-state index contributed by atoms with van der Waals surface area (Å²) in [6.45, 7) is 3.14. The average Bonchev–Trinajstić information content (AvgIpc) is 2.72. The van der Waals surface area contributed by atoms with Gasteiger partial charge in [-0.25, -0.2) is 0 Å². The number of aliphatic hydroxyl groups is 1. The molecule has 1 amide bonds. The van der Waals surface area contributed by atoms with Crippen LogP contribution in [0.3, 0.4) is 0 Å².